The summed E-state index contributed by atoms with van der Waals surface area (Å²) < 4.78 is 7.03. The van der Waals surface area contributed by atoms with Gasteiger partial charge in [-0.1, -0.05) is 24.3 Å². The van der Waals surface area contributed by atoms with Crippen LogP contribution in [0.3, 0.4) is 0 Å². The lowest BCUT2D eigenvalue weighted by atomic mass is 10.1. The molecule has 0 aliphatic heterocycles. The van der Waals surface area contributed by atoms with Crippen LogP contribution >= 0.6 is 0 Å². The monoisotopic (exact) mass is 311 g/mol. The molecule has 0 radical (unpaired) electrons. The van der Waals surface area contributed by atoms with Crippen LogP contribution in [0.15, 0.2) is 41.3 Å². The van der Waals surface area contributed by atoms with Crippen LogP contribution in [0.25, 0.3) is 0 Å². The SMILES string of the molecule is Cc1nc(C(=O)NCc2cccc(Cn3cncn3)c2)c(C)o1. The molecule has 2 aromatic heterocycles. The summed E-state index contributed by atoms with van der Waals surface area (Å²) in [6.07, 6.45) is 3.18. The number of aromatic nitrogens is 4. The van der Waals surface area contributed by atoms with Crippen molar-refractivity contribution in [1.82, 2.24) is 25.1 Å². The first-order valence-corrected chi connectivity index (χ1v) is 7.24. The van der Waals surface area contributed by atoms with Crippen molar-refractivity contribution in [3.63, 3.8) is 0 Å². The lowest BCUT2D eigenvalue weighted by Gasteiger charge is -2.07. The summed E-state index contributed by atoms with van der Waals surface area (Å²) in [6.45, 7) is 4.52. The van der Waals surface area contributed by atoms with Crippen molar-refractivity contribution in [2.45, 2.75) is 26.9 Å². The molecule has 0 saturated carbocycles. The van der Waals surface area contributed by atoms with Gasteiger partial charge in [0, 0.05) is 13.5 Å². The summed E-state index contributed by atoms with van der Waals surface area (Å²) in [5.74, 6) is 0.781. The second-order valence-electron chi connectivity index (χ2n) is 5.23. The number of carbonyl (C=O) groups excluding carboxylic acids is 1. The van der Waals surface area contributed by atoms with E-state index in [1.807, 2.05) is 24.3 Å². The summed E-state index contributed by atoms with van der Waals surface area (Å²) in [5.41, 5.74) is 2.44. The first kappa shape index (κ1) is 15.0. The Morgan fingerprint density at radius 3 is 2.83 bits per heavy atom. The molecular formula is C16H17N5O2. The zero-order valence-corrected chi connectivity index (χ0v) is 13.0. The number of rotatable bonds is 5. The average Bonchev–Trinajstić information content (AvgIpc) is 3.14. The van der Waals surface area contributed by atoms with Gasteiger partial charge in [0.25, 0.3) is 5.91 Å². The summed E-state index contributed by atoms with van der Waals surface area (Å²) >= 11 is 0. The van der Waals surface area contributed by atoms with Gasteiger partial charge in [-0.3, -0.25) is 4.79 Å². The molecule has 118 valence electrons. The van der Waals surface area contributed by atoms with Crippen molar-refractivity contribution in [2.24, 2.45) is 0 Å². The molecule has 7 nitrogen and oxygen atoms in total. The highest BCUT2D eigenvalue weighted by atomic mass is 16.4. The van der Waals surface area contributed by atoms with E-state index < -0.39 is 0 Å². The molecule has 2 heterocycles. The van der Waals surface area contributed by atoms with E-state index in [0.29, 0.717) is 30.4 Å². The summed E-state index contributed by atoms with van der Waals surface area (Å²) in [5, 5.41) is 6.94. The van der Waals surface area contributed by atoms with Crippen molar-refractivity contribution in [3.8, 4) is 0 Å². The van der Waals surface area contributed by atoms with Gasteiger partial charge >= 0.3 is 0 Å². The Labute approximate surface area is 133 Å². The molecule has 3 rings (SSSR count). The molecule has 0 atom stereocenters. The Morgan fingerprint density at radius 2 is 2.13 bits per heavy atom. The van der Waals surface area contributed by atoms with Crippen LogP contribution in [-0.2, 0) is 13.1 Å². The molecule has 0 aliphatic rings. The molecule has 0 spiro atoms. The molecule has 7 heteroatoms. The number of benzene rings is 1. The standard InChI is InChI=1S/C16H17N5O2/c1-11-15(20-12(2)23-11)16(22)18-7-13-4-3-5-14(6-13)8-21-10-17-9-19-21/h3-6,9-10H,7-8H2,1-2H3,(H,18,22). The van der Waals surface area contributed by atoms with Gasteiger partial charge in [0.2, 0.25) is 0 Å². The Balaban J connectivity index is 1.64. The van der Waals surface area contributed by atoms with Crippen LogP contribution in [0.5, 0.6) is 0 Å². The van der Waals surface area contributed by atoms with Gasteiger partial charge in [-0.05, 0) is 18.1 Å². The fourth-order valence-electron chi connectivity index (χ4n) is 2.35. The lowest BCUT2D eigenvalue weighted by Crippen LogP contribution is -2.24. The highest BCUT2D eigenvalue weighted by Crippen LogP contribution is 2.10. The van der Waals surface area contributed by atoms with Crippen LogP contribution < -0.4 is 5.32 Å². The molecule has 23 heavy (non-hydrogen) atoms. The van der Waals surface area contributed by atoms with Crippen molar-refractivity contribution in [3.05, 3.63) is 65.4 Å². The quantitative estimate of drug-likeness (QED) is 0.777. The minimum absolute atomic E-state index is 0.235. The van der Waals surface area contributed by atoms with Gasteiger partial charge in [-0.15, -0.1) is 0 Å². The number of hydrogen-bond acceptors (Lipinski definition) is 5. The van der Waals surface area contributed by atoms with E-state index in [9.17, 15) is 4.79 Å². The van der Waals surface area contributed by atoms with E-state index in [0.717, 1.165) is 11.1 Å². The Kier molecular flexibility index (Phi) is 4.18. The van der Waals surface area contributed by atoms with E-state index in [4.69, 9.17) is 4.42 Å². The fourth-order valence-corrected chi connectivity index (χ4v) is 2.35. The number of hydrogen-bond donors (Lipinski definition) is 1. The molecule has 0 saturated heterocycles. The Hall–Kier alpha value is -2.96. The zero-order valence-electron chi connectivity index (χ0n) is 13.0. The highest BCUT2D eigenvalue weighted by molar-refractivity contribution is 5.93. The van der Waals surface area contributed by atoms with E-state index in [2.05, 4.69) is 20.4 Å². The average molecular weight is 311 g/mol. The number of nitrogens with one attached hydrogen (secondary N) is 1. The third-order valence-electron chi connectivity index (χ3n) is 3.37. The van der Waals surface area contributed by atoms with Crippen LogP contribution in [0.1, 0.15) is 33.3 Å². The van der Waals surface area contributed by atoms with Crippen LogP contribution in [0.4, 0.5) is 0 Å². The number of oxazole rings is 1. The first-order valence-electron chi connectivity index (χ1n) is 7.24. The molecule has 0 aliphatic carbocycles. The van der Waals surface area contributed by atoms with Crippen LogP contribution in [0.2, 0.25) is 0 Å². The Morgan fingerprint density at radius 1 is 1.30 bits per heavy atom. The second kappa shape index (κ2) is 6.43. The molecular weight excluding hydrogens is 294 g/mol. The molecule has 1 aromatic carbocycles. The first-order chi connectivity index (χ1) is 11.1. The Bertz CT molecular complexity index is 808. The van der Waals surface area contributed by atoms with Crippen molar-refractivity contribution >= 4 is 5.91 Å². The topological polar surface area (TPSA) is 85.8 Å². The third kappa shape index (κ3) is 3.63. The number of carbonyl (C=O) groups is 1. The van der Waals surface area contributed by atoms with E-state index in [1.165, 1.54) is 6.33 Å². The predicted molar refractivity (Wildman–Crippen MR) is 82.7 cm³/mol. The lowest BCUT2D eigenvalue weighted by molar-refractivity contribution is 0.0945. The van der Waals surface area contributed by atoms with Gasteiger partial charge < -0.3 is 9.73 Å². The molecule has 0 bridgehead atoms. The van der Waals surface area contributed by atoms with E-state index in [-0.39, 0.29) is 5.91 Å². The maximum Gasteiger partial charge on any atom is 0.273 e. The minimum atomic E-state index is -0.235. The second-order valence-corrected chi connectivity index (χ2v) is 5.23. The number of amides is 1. The van der Waals surface area contributed by atoms with Gasteiger partial charge in [0.05, 0.1) is 6.54 Å². The van der Waals surface area contributed by atoms with Gasteiger partial charge in [0.1, 0.15) is 18.4 Å². The summed E-state index contributed by atoms with van der Waals surface area (Å²) in [7, 11) is 0. The summed E-state index contributed by atoms with van der Waals surface area (Å²) in [6, 6.07) is 7.96. The van der Waals surface area contributed by atoms with Crippen molar-refractivity contribution in [1.29, 1.82) is 0 Å². The maximum atomic E-state index is 12.1. The smallest absolute Gasteiger partial charge is 0.273 e. The number of aryl methyl sites for hydroxylation is 2. The maximum absolute atomic E-state index is 12.1. The summed E-state index contributed by atoms with van der Waals surface area (Å²) in [4.78, 5) is 20.2. The normalized spacial score (nSPS) is 10.7. The number of nitrogens with zero attached hydrogens (tertiary/aromatic N) is 4. The fraction of sp³-hybridized carbons (Fsp3) is 0.250. The van der Waals surface area contributed by atoms with Gasteiger partial charge in [-0.25, -0.2) is 14.6 Å². The highest BCUT2D eigenvalue weighted by Gasteiger charge is 2.14. The van der Waals surface area contributed by atoms with E-state index in [1.54, 1.807) is 24.9 Å². The molecule has 3 aromatic rings. The minimum Gasteiger partial charge on any atom is -0.445 e. The molecule has 1 N–H and O–H groups in total. The third-order valence-corrected chi connectivity index (χ3v) is 3.37. The molecule has 1 amide bonds. The van der Waals surface area contributed by atoms with Crippen LogP contribution in [0, 0.1) is 13.8 Å². The van der Waals surface area contributed by atoms with E-state index >= 15 is 0 Å². The van der Waals surface area contributed by atoms with Crippen molar-refractivity contribution < 1.29 is 9.21 Å². The van der Waals surface area contributed by atoms with Crippen molar-refractivity contribution in [2.75, 3.05) is 0 Å². The molecule has 0 fully saturated rings. The molecule has 0 unspecified atom stereocenters. The van der Waals surface area contributed by atoms with Crippen LogP contribution in [-0.4, -0.2) is 25.7 Å². The van der Waals surface area contributed by atoms with Gasteiger partial charge in [0.15, 0.2) is 11.6 Å². The van der Waals surface area contributed by atoms with Gasteiger partial charge in [-0.2, -0.15) is 5.10 Å². The zero-order chi connectivity index (χ0) is 16.2. The largest absolute Gasteiger partial charge is 0.445 e. The predicted octanol–water partition coefficient (Wildman–Crippen LogP) is 1.86.